The van der Waals surface area contributed by atoms with Crippen LogP contribution in [0.15, 0.2) is 77.7 Å². The lowest BCUT2D eigenvalue weighted by Crippen LogP contribution is -2.27. The molecule has 4 rings (SSSR count). The first-order valence-electron chi connectivity index (χ1n) is 9.47. The van der Waals surface area contributed by atoms with Crippen molar-refractivity contribution in [3.63, 3.8) is 0 Å². The number of carbonyl (C=O) groups excluding carboxylic acids is 3. The number of carbonyl (C=O) groups is 3. The zero-order chi connectivity index (χ0) is 22.7. The number of imide groups is 1. The lowest BCUT2D eigenvalue weighted by molar-refractivity contribution is -0.123. The van der Waals surface area contributed by atoms with Gasteiger partial charge in [0.05, 0.1) is 17.0 Å². The van der Waals surface area contributed by atoms with Crippen LogP contribution in [0, 0.1) is 7.14 Å². The van der Waals surface area contributed by atoms with Crippen LogP contribution in [0.25, 0.3) is 6.08 Å². The Balaban J connectivity index is 1.49. The lowest BCUT2D eigenvalue weighted by atomic mass is 10.2. The summed E-state index contributed by atoms with van der Waals surface area (Å²) in [4.78, 5) is 39.3. The second-order valence-corrected chi connectivity index (χ2v) is 10.2. The first kappa shape index (κ1) is 23.0. The summed E-state index contributed by atoms with van der Waals surface area (Å²) in [5.41, 5.74) is 2.03. The van der Waals surface area contributed by atoms with Crippen molar-refractivity contribution in [3.05, 3.63) is 102 Å². The topological polar surface area (TPSA) is 63.7 Å². The summed E-state index contributed by atoms with van der Waals surface area (Å²) < 4.78 is 7.39. The average Bonchev–Trinajstić information content (AvgIpc) is 3.03. The molecule has 0 aliphatic carbocycles. The molecule has 3 aromatic rings. The third-order valence-electron chi connectivity index (χ3n) is 4.59. The van der Waals surface area contributed by atoms with Crippen LogP contribution in [0.5, 0.6) is 5.75 Å². The summed E-state index contributed by atoms with van der Waals surface area (Å²) in [7, 11) is 0. The summed E-state index contributed by atoms with van der Waals surface area (Å²) in [5.74, 6) is -0.425. The fraction of sp³-hybridized carbons (Fsp3) is 0.0417. The maximum absolute atomic E-state index is 12.8. The molecular formula is C24H15I2NO4S. The van der Waals surface area contributed by atoms with Crippen LogP contribution in [0.3, 0.4) is 0 Å². The molecule has 1 heterocycles. The van der Waals surface area contributed by atoms with E-state index in [1.54, 1.807) is 42.5 Å². The molecule has 1 saturated heterocycles. The molecule has 0 spiro atoms. The highest BCUT2D eigenvalue weighted by atomic mass is 127. The molecule has 1 fully saturated rings. The number of amides is 2. The zero-order valence-electron chi connectivity index (χ0n) is 16.5. The predicted molar refractivity (Wildman–Crippen MR) is 141 cm³/mol. The van der Waals surface area contributed by atoms with E-state index in [1.807, 2.05) is 36.4 Å². The molecule has 0 N–H and O–H groups in total. The molecule has 8 heteroatoms. The maximum Gasteiger partial charge on any atom is 0.344 e. The van der Waals surface area contributed by atoms with Gasteiger partial charge in [0.25, 0.3) is 11.1 Å². The van der Waals surface area contributed by atoms with E-state index in [4.69, 9.17) is 4.74 Å². The summed E-state index contributed by atoms with van der Waals surface area (Å²) in [6.45, 7) is 0.228. The van der Waals surface area contributed by atoms with E-state index in [1.165, 1.54) is 4.90 Å². The monoisotopic (exact) mass is 667 g/mol. The van der Waals surface area contributed by atoms with Crippen molar-refractivity contribution in [2.75, 3.05) is 0 Å². The number of ether oxygens (including phenoxy) is 1. The molecule has 3 aromatic carbocycles. The molecule has 1 aliphatic heterocycles. The Morgan fingerprint density at radius 2 is 1.72 bits per heavy atom. The van der Waals surface area contributed by atoms with E-state index in [9.17, 15) is 14.4 Å². The minimum atomic E-state index is -0.454. The van der Waals surface area contributed by atoms with Crippen molar-refractivity contribution < 1.29 is 19.1 Å². The van der Waals surface area contributed by atoms with Crippen molar-refractivity contribution in [1.82, 2.24) is 4.90 Å². The average molecular weight is 667 g/mol. The first-order chi connectivity index (χ1) is 15.4. The minimum Gasteiger partial charge on any atom is -0.423 e. The van der Waals surface area contributed by atoms with Crippen LogP contribution in [0.1, 0.15) is 21.5 Å². The number of hydrogen-bond acceptors (Lipinski definition) is 5. The van der Waals surface area contributed by atoms with Crippen molar-refractivity contribution in [1.29, 1.82) is 0 Å². The maximum atomic E-state index is 12.8. The largest absolute Gasteiger partial charge is 0.423 e. The van der Waals surface area contributed by atoms with Gasteiger partial charge in [-0.1, -0.05) is 36.4 Å². The van der Waals surface area contributed by atoms with Gasteiger partial charge in [0.2, 0.25) is 0 Å². The lowest BCUT2D eigenvalue weighted by Gasteiger charge is -2.12. The second kappa shape index (κ2) is 10.2. The van der Waals surface area contributed by atoms with Gasteiger partial charge in [0.15, 0.2) is 0 Å². The number of thioether (sulfide) groups is 1. The molecular weight excluding hydrogens is 652 g/mol. The molecule has 0 bridgehead atoms. The van der Waals surface area contributed by atoms with E-state index in [2.05, 4.69) is 45.2 Å². The number of nitrogens with zero attached hydrogens (tertiary/aromatic N) is 1. The van der Waals surface area contributed by atoms with Crippen molar-refractivity contribution in [3.8, 4) is 5.75 Å². The minimum absolute atomic E-state index is 0.228. The molecule has 0 atom stereocenters. The summed E-state index contributed by atoms with van der Waals surface area (Å²) >= 11 is 5.20. The van der Waals surface area contributed by atoms with Gasteiger partial charge in [-0.15, -0.1) is 0 Å². The highest BCUT2D eigenvalue weighted by molar-refractivity contribution is 14.1. The Morgan fingerprint density at radius 1 is 0.969 bits per heavy atom. The van der Waals surface area contributed by atoms with Crippen molar-refractivity contribution >= 4 is 80.1 Å². The third-order valence-corrected chi connectivity index (χ3v) is 7.15. The number of rotatable bonds is 5. The van der Waals surface area contributed by atoms with Gasteiger partial charge in [0.1, 0.15) is 5.75 Å². The number of hydrogen-bond donors (Lipinski definition) is 0. The first-order valence-corrected chi connectivity index (χ1v) is 12.4. The van der Waals surface area contributed by atoms with E-state index in [0.29, 0.717) is 21.8 Å². The van der Waals surface area contributed by atoms with Gasteiger partial charge < -0.3 is 4.74 Å². The third kappa shape index (κ3) is 5.41. The summed E-state index contributed by atoms with van der Waals surface area (Å²) in [6.07, 6.45) is 1.64. The van der Waals surface area contributed by atoms with Gasteiger partial charge in [0, 0.05) is 7.14 Å². The summed E-state index contributed by atoms with van der Waals surface area (Å²) in [5, 5.41) is -0.305. The Morgan fingerprint density at radius 3 is 2.47 bits per heavy atom. The van der Waals surface area contributed by atoms with Gasteiger partial charge >= 0.3 is 5.97 Å². The van der Waals surface area contributed by atoms with Crippen LogP contribution in [0.4, 0.5) is 4.79 Å². The fourth-order valence-corrected chi connectivity index (χ4v) is 4.82. The molecule has 0 unspecified atom stereocenters. The van der Waals surface area contributed by atoms with Gasteiger partial charge in [-0.25, -0.2) is 4.79 Å². The molecule has 0 saturated carbocycles. The van der Waals surface area contributed by atoms with E-state index >= 15 is 0 Å². The van der Waals surface area contributed by atoms with Crippen LogP contribution < -0.4 is 4.74 Å². The second-order valence-electron chi connectivity index (χ2n) is 6.84. The Labute approximate surface area is 216 Å². The van der Waals surface area contributed by atoms with Gasteiger partial charge in [-0.2, -0.15) is 0 Å². The molecule has 0 aromatic heterocycles. The van der Waals surface area contributed by atoms with E-state index in [0.717, 1.165) is 24.5 Å². The molecule has 160 valence electrons. The SMILES string of the molecule is O=C(Oc1cccc(/C=C2\SC(=O)N(Cc3ccc(I)cc3)C2=O)c1)c1ccccc1I. The van der Waals surface area contributed by atoms with E-state index in [-0.39, 0.29) is 17.7 Å². The highest BCUT2D eigenvalue weighted by Crippen LogP contribution is 2.33. The Hall–Kier alpha value is -2.18. The van der Waals surface area contributed by atoms with Crippen LogP contribution in [-0.2, 0) is 11.3 Å². The Bertz CT molecular complexity index is 1240. The fourth-order valence-electron chi connectivity index (χ4n) is 3.02. The van der Waals surface area contributed by atoms with Crippen LogP contribution in [0.2, 0.25) is 0 Å². The van der Waals surface area contributed by atoms with Crippen LogP contribution in [-0.4, -0.2) is 22.0 Å². The number of esters is 1. The molecule has 32 heavy (non-hydrogen) atoms. The number of benzene rings is 3. The standard InChI is InChI=1S/C24H15I2NO4S/c25-17-10-8-15(9-11-17)14-27-22(28)21(32-24(27)30)13-16-4-3-5-18(12-16)31-23(29)19-6-1-2-7-20(19)26/h1-13H,14H2/b21-13-. The molecule has 1 aliphatic rings. The van der Waals surface area contributed by atoms with Crippen molar-refractivity contribution in [2.45, 2.75) is 6.54 Å². The summed E-state index contributed by atoms with van der Waals surface area (Å²) in [6, 6.07) is 21.7. The highest BCUT2D eigenvalue weighted by Gasteiger charge is 2.35. The smallest absolute Gasteiger partial charge is 0.344 e. The van der Waals surface area contributed by atoms with Gasteiger partial charge in [-0.3, -0.25) is 14.5 Å². The Kier molecular flexibility index (Phi) is 7.31. The molecule has 2 amide bonds. The predicted octanol–water partition coefficient (Wildman–Crippen LogP) is 6.35. The number of halogens is 2. The molecule has 5 nitrogen and oxygen atoms in total. The van der Waals surface area contributed by atoms with Crippen LogP contribution >= 0.6 is 56.9 Å². The van der Waals surface area contributed by atoms with Crippen molar-refractivity contribution in [2.24, 2.45) is 0 Å². The van der Waals surface area contributed by atoms with Gasteiger partial charge in [-0.05, 0) is 111 Å². The van der Waals surface area contributed by atoms with E-state index < -0.39 is 5.97 Å². The normalized spacial score (nSPS) is 14.8. The molecule has 0 radical (unpaired) electrons. The zero-order valence-corrected chi connectivity index (χ0v) is 21.6. The quantitative estimate of drug-likeness (QED) is 0.137.